The molecule has 0 saturated heterocycles. The van der Waals surface area contributed by atoms with Crippen LogP contribution in [0.15, 0.2) is 33.7 Å². The highest BCUT2D eigenvalue weighted by atomic mass is 79.9. The Morgan fingerprint density at radius 1 is 1.32 bits per heavy atom. The Balaban J connectivity index is 1.84. The van der Waals surface area contributed by atoms with Crippen molar-refractivity contribution in [3.8, 4) is 0 Å². The van der Waals surface area contributed by atoms with Gasteiger partial charge in [-0.2, -0.15) is 0 Å². The molecule has 0 radical (unpaired) electrons. The summed E-state index contributed by atoms with van der Waals surface area (Å²) < 4.78 is 1.05. The van der Waals surface area contributed by atoms with Crippen molar-refractivity contribution < 1.29 is 4.79 Å². The van der Waals surface area contributed by atoms with Crippen molar-refractivity contribution in [1.29, 1.82) is 0 Å². The van der Waals surface area contributed by atoms with E-state index < -0.39 is 5.54 Å². The number of carbonyl (C=O) groups is 1. The van der Waals surface area contributed by atoms with E-state index in [2.05, 4.69) is 35.0 Å². The number of hydrogen-bond donors (Lipinski definition) is 0. The zero-order chi connectivity index (χ0) is 15.6. The fraction of sp³-hybridized carbons (Fsp3) is 0.556. The SMILES string of the molecule is CCCCC1=NC2(CCCC2)C(=O)N1Cc1cccc(Br)c1. The van der Waals surface area contributed by atoms with Gasteiger partial charge in [0.25, 0.3) is 5.91 Å². The van der Waals surface area contributed by atoms with E-state index in [-0.39, 0.29) is 5.91 Å². The third-order valence-electron chi connectivity index (χ3n) is 4.71. The summed E-state index contributed by atoms with van der Waals surface area (Å²) in [5.41, 5.74) is 0.733. The molecule has 1 saturated carbocycles. The number of aliphatic imine (C=N–C) groups is 1. The number of rotatable bonds is 5. The highest BCUT2D eigenvalue weighted by Gasteiger charge is 2.49. The predicted molar refractivity (Wildman–Crippen MR) is 92.9 cm³/mol. The van der Waals surface area contributed by atoms with Crippen molar-refractivity contribution in [3.05, 3.63) is 34.3 Å². The van der Waals surface area contributed by atoms with Crippen LogP contribution in [0.3, 0.4) is 0 Å². The minimum absolute atomic E-state index is 0.232. The first-order valence-electron chi connectivity index (χ1n) is 8.30. The van der Waals surface area contributed by atoms with Gasteiger partial charge >= 0.3 is 0 Å². The molecule has 1 aromatic rings. The number of carbonyl (C=O) groups excluding carboxylic acids is 1. The van der Waals surface area contributed by atoms with Crippen LogP contribution in [0.4, 0.5) is 0 Å². The summed E-state index contributed by atoms with van der Waals surface area (Å²) >= 11 is 3.51. The molecule has 0 atom stereocenters. The molecule has 3 nitrogen and oxygen atoms in total. The first-order chi connectivity index (χ1) is 10.6. The number of unbranched alkanes of at least 4 members (excludes halogenated alkanes) is 1. The predicted octanol–water partition coefficient (Wildman–Crippen LogP) is 4.69. The fourth-order valence-corrected chi connectivity index (χ4v) is 3.96. The molecule has 0 unspecified atom stereocenters. The van der Waals surface area contributed by atoms with E-state index in [1.54, 1.807) is 0 Å². The highest BCUT2D eigenvalue weighted by Crippen LogP contribution is 2.40. The lowest BCUT2D eigenvalue weighted by atomic mass is 9.98. The molecule has 2 aliphatic rings. The minimum atomic E-state index is -0.422. The second kappa shape index (κ2) is 6.53. The van der Waals surface area contributed by atoms with Crippen molar-refractivity contribution in [1.82, 2.24) is 4.90 Å². The highest BCUT2D eigenvalue weighted by molar-refractivity contribution is 9.10. The molecular formula is C18H23BrN2O. The van der Waals surface area contributed by atoms with Crippen LogP contribution in [0.2, 0.25) is 0 Å². The van der Waals surface area contributed by atoms with Gasteiger partial charge in [-0.25, -0.2) is 0 Å². The number of nitrogens with zero attached hydrogens (tertiary/aromatic N) is 2. The number of halogens is 1. The number of hydrogen-bond acceptors (Lipinski definition) is 2. The maximum absolute atomic E-state index is 13.0. The molecule has 1 aliphatic carbocycles. The van der Waals surface area contributed by atoms with Crippen LogP contribution in [0, 0.1) is 0 Å². The number of benzene rings is 1. The molecule has 1 aliphatic heterocycles. The zero-order valence-corrected chi connectivity index (χ0v) is 14.7. The Morgan fingerprint density at radius 2 is 2.09 bits per heavy atom. The van der Waals surface area contributed by atoms with Gasteiger partial charge in [0.15, 0.2) is 0 Å². The van der Waals surface area contributed by atoms with E-state index >= 15 is 0 Å². The Bertz CT molecular complexity index is 591. The van der Waals surface area contributed by atoms with E-state index in [0.717, 1.165) is 60.8 Å². The monoisotopic (exact) mass is 362 g/mol. The van der Waals surface area contributed by atoms with Crippen molar-refractivity contribution in [3.63, 3.8) is 0 Å². The van der Waals surface area contributed by atoms with Crippen LogP contribution in [0.1, 0.15) is 57.4 Å². The van der Waals surface area contributed by atoms with Gasteiger partial charge in [0.1, 0.15) is 11.4 Å². The first kappa shape index (κ1) is 15.7. The summed E-state index contributed by atoms with van der Waals surface area (Å²) in [6.45, 7) is 2.82. The van der Waals surface area contributed by atoms with E-state index in [4.69, 9.17) is 4.99 Å². The van der Waals surface area contributed by atoms with Gasteiger partial charge < -0.3 is 0 Å². The quantitative estimate of drug-likeness (QED) is 0.747. The van der Waals surface area contributed by atoms with E-state index in [9.17, 15) is 4.79 Å². The summed E-state index contributed by atoms with van der Waals surface area (Å²) in [5, 5.41) is 0. The average Bonchev–Trinajstić information content (AvgIpc) is 3.07. The Morgan fingerprint density at radius 3 is 2.77 bits per heavy atom. The molecule has 1 spiro atoms. The second-order valence-electron chi connectivity index (χ2n) is 6.39. The third kappa shape index (κ3) is 2.98. The zero-order valence-electron chi connectivity index (χ0n) is 13.1. The van der Waals surface area contributed by atoms with Crippen LogP contribution in [-0.2, 0) is 11.3 Å². The summed E-state index contributed by atoms with van der Waals surface area (Å²) in [6, 6.07) is 8.20. The van der Waals surface area contributed by atoms with Gasteiger partial charge in [0.05, 0.1) is 6.54 Å². The molecule has 4 heteroatoms. The largest absolute Gasteiger partial charge is 0.294 e. The van der Waals surface area contributed by atoms with E-state index in [1.807, 2.05) is 17.0 Å². The maximum Gasteiger partial charge on any atom is 0.256 e. The summed E-state index contributed by atoms with van der Waals surface area (Å²) in [5.74, 6) is 1.24. The lowest BCUT2D eigenvalue weighted by Gasteiger charge is -2.22. The van der Waals surface area contributed by atoms with Crippen LogP contribution in [0.5, 0.6) is 0 Å². The topological polar surface area (TPSA) is 32.7 Å². The van der Waals surface area contributed by atoms with Crippen LogP contribution >= 0.6 is 15.9 Å². The number of amidine groups is 1. The Hall–Kier alpha value is -1.16. The molecular weight excluding hydrogens is 340 g/mol. The Labute approximate surface area is 140 Å². The molecule has 3 rings (SSSR count). The summed E-state index contributed by atoms with van der Waals surface area (Å²) in [6.07, 6.45) is 7.25. The van der Waals surface area contributed by atoms with Crippen molar-refractivity contribution >= 4 is 27.7 Å². The molecule has 1 aromatic carbocycles. The average molecular weight is 363 g/mol. The lowest BCUT2D eigenvalue weighted by molar-refractivity contribution is -0.131. The normalized spacial score (nSPS) is 20.0. The number of amides is 1. The van der Waals surface area contributed by atoms with Crippen molar-refractivity contribution in [2.75, 3.05) is 0 Å². The van der Waals surface area contributed by atoms with Gasteiger partial charge in [-0.15, -0.1) is 0 Å². The van der Waals surface area contributed by atoms with E-state index in [1.165, 1.54) is 0 Å². The molecule has 1 fully saturated rings. The summed E-state index contributed by atoms with van der Waals surface area (Å²) in [7, 11) is 0. The smallest absolute Gasteiger partial charge is 0.256 e. The van der Waals surface area contributed by atoms with Crippen LogP contribution in [0.25, 0.3) is 0 Å². The lowest BCUT2D eigenvalue weighted by Crippen LogP contribution is -2.40. The third-order valence-corrected chi connectivity index (χ3v) is 5.21. The van der Waals surface area contributed by atoms with E-state index in [0.29, 0.717) is 6.54 Å². The maximum atomic E-state index is 13.0. The molecule has 1 amide bonds. The fourth-order valence-electron chi connectivity index (χ4n) is 3.52. The molecule has 1 heterocycles. The van der Waals surface area contributed by atoms with Gasteiger partial charge in [-0.05, 0) is 37.0 Å². The van der Waals surface area contributed by atoms with Crippen molar-refractivity contribution in [2.45, 2.75) is 64.0 Å². The van der Waals surface area contributed by atoms with Gasteiger partial charge in [-0.3, -0.25) is 14.7 Å². The van der Waals surface area contributed by atoms with Crippen LogP contribution in [-0.4, -0.2) is 22.2 Å². The van der Waals surface area contributed by atoms with Gasteiger partial charge in [0, 0.05) is 10.9 Å². The summed E-state index contributed by atoms with van der Waals surface area (Å²) in [4.78, 5) is 19.9. The molecule has 0 bridgehead atoms. The van der Waals surface area contributed by atoms with Crippen LogP contribution < -0.4 is 0 Å². The molecule has 22 heavy (non-hydrogen) atoms. The van der Waals surface area contributed by atoms with Gasteiger partial charge in [-0.1, -0.05) is 54.2 Å². The first-order valence-corrected chi connectivity index (χ1v) is 9.09. The molecule has 0 N–H and O–H groups in total. The standard InChI is InChI=1S/C18H23BrN2O/c1-2-3-9-16-20-18(10-4-5-11-18)17(22)21(16)13-14-7-6-8-15(19)12-14/h6-8,12H,2-5,9-11,13H2,1H3. The minimum Gasteiger partial charge on any atom is -0.294 e. The van der Waals surface area contributed by atoms with Gasteiger partial charge in [0.2, 0.25) is 0 Å². The Kier molecular flexibility index (Phi) is 4.67. The molecule has 0 aromatic heterocycles. The van der Waals surface area contributed by atoms with Crippen molar-refractivity contribution in [2.24, 2.45) is 4.99 Å². The second-order valence-corrected chi connectivity index (χ2v) is 7.31. The molecule has 118 valence electrons.